The number of hydrogen-bond acceptors (Lipinski definition) is 1. The van der Waals surface area contributed by atoms with Gasteiger partial charge in [-0.1, -0.05) is 15.9 Å². The predicted octanol–water partition coefficient (Wildman–Crippen LogP) is 2.62. The van der Waals surface area contributed by atoms with Crippen LogP contribution in [0.15, 0.2) is 22.7 Å². The van der Waals surface area contributed by atoms with E-state index in [1.165, 1.54) is 18.2 Å². The molecule has 0 unspecified atom stereocenters. The molecular formula is C8H6BrFO2. The first-order valence-corrected chi connectivity index (χ1v) is 4.02. The van der Waals surface area contributed by atoms with Gasteiger partial charge in [0.1, 0.15) is 6.67 Å². The molecule has 1 N–H and O–H groups in total. The van der Waals surface area contributed by atoms with E-state index in [9.17, 15) is 9.18 Å². The van der Waals surface area contributed by atoms with E-state index in [2.05, 4.69) is 15.9 Å². The average molecular weight is 233 g/mol. The SMILES string of the molecule is O=C(O)c1ccc(Br)c(CF)c1. The van der Waals surface area contributed by atoms with Crippen LogP contribution in [0.5, 0.6) is 0 Å². The van der Waals surface area contributed by atoms with Crippen LogP contribution in [0.3, 0.4) is 0 Å². The molecule has 2 nitrogen and oxygen atoms in total. The maximum atomic E-state index is 12.2. The Kier molecular flexibility index (Phi) is 2.81. The van der Waals surface area contributed by atoms with Crippen molar-refractivity contribution in [2.45, 2.75) is 6.67 Å². The van der Waals surface area contributed by atoms with E-state index in [0.29, 0.717) is 10.0 Å². The number of halogens is 2. The van der Waals surface area contributed by atoms with Crippen molar-refractivity contribution in [3.05, 3.63) is 33.8 Å². The fraction of sp³-hybridized carbons (Fsp3) is 0.125. The van der Waals surface area contributed by atoms with Crippen LogP contribution in [0.2, 0.25) is 0 Å². The van der Waals surface area contributed by atoms with Crippen molar-refractivity contribution in [1.29, 1.82) is 0 Å². The summed E-state index contributed by atoms with van der Waals surface area (Å²) in [5.74, 6) is -1.04. The third-order valence-corrected chi connectivity index (χ3v) is 2.21. The molecule has 4 heteroatoms. The highest BCUT2D eigenvalue weighted by Crippen LogP contribution is 2.19. The molecule has 0 heterocycles. The van der Waals surface area contributed by atoms with Crippen LogP contribution in [0.4, 0.5) is 4.39 Å². The first kappa shape index (κ1) is 9.19. The van der Waals surface area contributed by atoms with Gasteiger partial charge in [-0.25, -0.2) is 9.18 Å². The van der Waals surface area contributed by atoms with Crippen molar-refractivity contribution in [2.24, 2.45) is 0 Å². The largest absolute Gasteiger partial charge is 0.478 e. The maximum absolute atomic E-state index is 12.2. The molecular weight excluding hydrogens is 227 g/mol. The zero-order valence-electron chi connectivity index (χ0n) is 6.05. The highest BCUT2D eigenvalue weighted by atomic mass is 79.9. The van der Waals surface area contributed by atoms with Crippen LogP contribution >= 0.6 is 15.9 Å². The lowest BCUT2D eigenvalue weighted by Crippen LogP contribution is -1.97. The fourth-order valence-corrected chi connectivity index (χ4v) is 1.16. The lowest BCUT2D eigenvalue weighted by atomic mass is 10.1. The van der Waals surface area contributed by atoms with Gasteiger partial charge in [-0.3, -0.25) is 0 Å². The van der Waals surface area contributed by atoms with E-state index in [0.717, 1.165) is 0 Å². The monoisotopic (exact) mass is 232 g/mol. The van der Waals surface area contributed by atoms with Crippen LogP contribution in [0.25, 0.3) is 0 Å². The number of aromatic carboxylic acids is 1. The van der Waals surface area contributed by atoms with Crippen molar-refractivity contribution in [1.82, 2.24) is 0 Å². The van der Waals surface area contributed by atoms with Gasteiger partial charge >= 0.3 is 5.97 Å². The minimum Gasteiger partial charge on any atom is -0.478 e. The third kappa shape index (κ3) is 1.82. The highest BCUT2D eigenvalue weighted by molar-refractivity contribution is 9.10. The van der Waals surface area contributed by atoms with Crippen LogP contribution in [0.1, 0.15) is 15.9 Å². The minimum atomic E-state index is -1.04. The van der Waals surface area contributed by atoms with E-state index < -0.39 is 12.6 Å². The molecule has 1 aromatic carbocycles. The molecule has 0 amide bonds. The molecule has 0 aliphatic rings. The first-order chi connectivity index (χ1) is 5.65. The third-order valence-electron chi connectivity index (χ3n) is 1.44. The van der Waals surface area contributed by atoms with Gasteiger partial charge < -0.3 is 5.11 Å². The minimum absolute atomic E-state index is 0.103. The lowest BCUT2D eigenvalue weighted by molar-refractivity contribution is 0.0696. The summed E-state index contributed by atoms with van der Waals surface area (Å²) < 4.78 is 12.8. The number of benzene rings is 1. The van der Waals surface area contributed by atoms with E-state index in [1.807, 2.05) is 0 Å². The van der Waals surface area contributed by atoms with E-state index in [4.69, 9.17) is 5.11 Å². The summed E-state index contributed by atoms with van der Waals surface area (Å²) in [6.07, 6.45) is 0. The summed E-state index contributed by atoms with van der Waals surface area (Å²) in [6.45, 7) is -0.665. The van der Waals surface area contributed by atoms with Crippen molar-refractivity contribution >= 4 is 21.9 Å². The van der Waals surface area contributed by atoms with Crippen molar-refractivity contribution < 1.29 is 14.3 Å². The highest BCUT2D eigenvalue weighted by Gasteiger charge is 2.05. The molecule has 0 saturated heterocycles. The van der Waals surface area contributed by atoms with E-state index in [-0.39, 0.29) is 5.56 Å². The molecule has 0 fully saturated rings. The molecule has 0 atom stereocenters. The number of carboxylic acids is 1. The molecule has 0 saturated carbocycles. The average Bonchev–Trinajstić information content (AvgIpc) is 2.05. The number of rotatable bonds is 2. The Bertz CT molecular complexity index is 312. The molecule has 0 radical (unpaired) electrons. The number of carbonyl (C=O) groups is 1. The molecule has 1 aromatic rings. The van der Waals surface area contributed by atoms with Gasteiger partial charge in [0.05, 0.1) is 5.56 Å². The van der Waals surface area contributed by atoms with Crippen molar-refractivity contribution in [2.75, 3.05) is 0 Å². The Hall–Kier alpha value is -0.900. The number of hydrogen-bond donors (Lipinski definition) is 1. The van der Waals surface area contributed by atoms with Crippen molar-refractivity contribution in [3.63, 3.8) is 0 Å². The van der Waals surface area contributed by atoms with Gasteiger partial charge in [-0.2, -0.15) is 0 Å². The molecule has 64 valence electrons. The Labute approximate surface area is 77.2 Å². The summed E-state index contributed by atoms with van der Waals surface area (Å²) in [4.78, 5) is 10.4. The molecule has 0 bridgehead atoms. The molecule has 0 aliphatic heterocycles. The molecule has 0 aromatic heterocycles. The lowest BCUT2D eigenvalue weighted by Gasteiger charge is -2.00. The number of alkyl halides is 1. The first-order valence-electron chi connectivity index (χ1n) is 3.23. The van der Waals surface area contributed by atoms with Crippen LogP contribution in [-0.4, -0.2) is 11.1 Å². The molecule has 0 aliphatic carbocycles. The smallest absolute Gasteiger partial charge is 0.335 e. The van der Waals surface area contributed by atoms with Crippen LogP contribution in [0, 0.1) is 0 Å². The quantitative estimate of drug-likeness (QED) is 0.852. The summed E-state index contributed by atoms with van der Waals surface area (Å²) in [6, 6.07) is 4.26. The van der Waals surface area contributed by atoms with Gasteiger partial charge in [0.15, 0.2) is 0 Å². The fourth-order valence-electron chi connectivity index (χ4n) is 0.810. The van der Waals surface area contributed by atoms with Gasteiger partial charge in [-0.05, 0) is 23.8 Å². The van der Waals surface area contributed by atoms with E-state index in [1.54, 1.807) is 0 Å². The normalized spacial score (nSPS) is 9.83. The second-order valence-corrected chi connectivity index (χ2v) is 3.10. The zero-order chi connectivity index (χ0) is 9.14. The number of carboxylic acid groups (broad SMARTS) is 1. The summed E-state index contributed by atoms with van der Waals surface area (Å²) in [5.41, 5.74) is 0.459. The topological polar surface area (TPSA) is 37.3 Å². The van der Waals surface area contributed by atoms with Gasteiger partial charge in [0.25, 0.3) is 0 Å². The summed E-state index contributed by atoms with van der Waals surface area (Å²) in [5, 5.41) is 8.56. The van der Waals surface area contributed by atoms with Crippen LogP contribution in [-0.2, 0) is 6.67 Å². The Balaban J connectivity index is 3.13. The molecule has 0 spiro atoms. The van der Waals surface area contributed by atoms with E-state index >= 15 is 0 Å². The van der Waals surface area contributed by atoms with Gasteiger partial charge in [0, 0.05) is 4.47 Å². The second kappa shape index (κ2) is 3.67. The van der Waals surface area contributed by atoms with Gasteiger partial charge in [0.2, 0.25) is 0 Å². The van der Waals surface area contributed by atoms with Gasteiger partial charge in [-0.15, -0.1) is 0 Å². The Morgan fingerprint density at radius 3 is 2.75 bits per heavy atom. The Morgan fingerprint density at radius 1 is 1.58 bits per heavy atom. The standard InChI is InChI=1S/C8H6BrFO2/c9-7-2-1-5(8(11)12)3-6(7)4-10/h1-3H,4H2,(H,11,12). The van der Waals surface area contributed by atoms with Crippen LogP contribution < -0.4 is 0 Å². The predicted molar refractivity (Wildman–Crippen MR) is 45.9 cm³/mol. The van der Waals surface area contributed by atoms with Crippen molar-refractivity contribution in [3.8, 4) is 0 Å². The molecule has 12 heavy (non-hydrogen) atoms. The second-order valence-electron chi connectivity index (χ2n) is 2.24. The molecule has 1 rings (SSSR count). The summed E-state index contributed by atoms with van der Waals surface area (Å²) in [7, 11) is 0. The zero-order valence-corrected chi connectivity index (χ0v) is 7.64. The maximum Gasteiger partial charge on any atom is 0.335 e. The summed E-state index contributed by atoms with van der Waals surface area (Å²) >= 11 is 3.11. The Morgan fingerprint density at radius 2 is 2.25 bits per heavy atom.